The van der Waals surface area contributed by atoms with Crippen molar-refractivity contribution < 1.29 is 4.39 Å². The molecule has 2 aromatic rings. The van der Waals surface area contributed by atoms with Crippen LogP contribution in [0.3, 0.4) is 0 Å². The van der Waals surface area contributed by atoms with Gasteiger partial charge in [0, 0.05) is 19.0 Å². The summed E-state index contributed by atoms with van der Waals surface area (Å²) < 4.78 is 15.3. The van der Waals surface area contributed by atoms with Gasteiger partial charge in [-0.25, -0.2) is 9.07 Å². The van der Waals surface area contributed by atoms with Gasteiger partial charge < -0.3 is 5.32 Å². The fourth-order valence-corrected chi connectivity index (χ4v) is 2.48. The summed E-state index contributed by atoms with van der Waals surface area (Å²) in [5, 5.41) is 7.09. The Morgan fingerprint density at radius 1 is 1.36 bits per heavy atom. The normalized spacial score (nSPS) is 11.5. The summed E-state index contributed by atoms with van der Waals surface area (Å²) >= 11 is 11.8. The molecule has 0 amide bonds. The summed E-state index contributed by atoms with van der Waals surface area (Å²) in [6.07, 6.45) is 1.47. The van der Waals surface area contributed by atoms with Gasteiger partial charge in [-0.2, -0.15) is 5.10 Å². The lowest BCUT2D eigenvalue weighted by molar-refractivity contribution is 0.504. The van der Waals surface area contributed by atoms with E-state index in [-0.39, 0.29) is 10.0 Å². The van der Waals surface area contributed by atoms with Crippen LogP contribution < -0.4 is 10.9 Å². The van der Waals surface area contributed by atoms with E-state index in [1.807, 2.05) is 13.8 Å². The van der Waals surface area contributed by atoms with Crippen molar-refractivity contribution in [3.8, 4) is 0 Å². The second kappa shape index (κ2) is 6.26. The van der Waals surface area contributed by atoms with Crippen LogP contribution >= 0.6 is 23.2 Å². The van der Waals surface area contributed by atoms with Gasteiger partial charge in [0.2, 0.25) is 0 Å². The van der Waals surface area contributed by atoms with E-state index >= 15 is 0 Å². The van der Waals surface area contributed by atoms with E-state index < -0.39 is 16.8 Å². The zero-order valence-electron chi connectivity index (χ0n) is 12.5. The SMILES string of the molecule is Cn1ncc(NCC(C)(C)c2cccc(Cl)c2F)c(Cl)c1=O. The van der Waals surface area contributed by atoms with E-state index in [1.165, 1.54) is 19.3 Å². The number of nitrogens with one attached hydrogen (secondary N) is 1. The molecular formula is C15H16Cl2FN3O. The maximum atomic E-state index is 14.2. The Balaban J connectivity index is 2.25. The van der Waals surface area contributed by atoms with E-state index in [0.717, 1.165) is 4.68 Å². The van der Waals surface area contributed by atoms with E-state index in [0.29, 0.717) is 17.8 Å². The number of hydrogen-bond donors (Lipinski definition) is 1. The van der Waals surface area contributed by atoms with Gasteiger partial charge in [0.15, 0.2) is 0 Å². The van der Waals surface area contributed by atoms with Crippen molar-refractivity contribution in [1.29, 1.82) is 0 Å². The first-order chi connectivity index (χ1) is 10.2. The molecule has 2 rings (SSSR count). The van der Waals surface area contributed by atoms with Crippen LogP contribution in [0.2, 0.25) is 10.0 Å². The average Bonchev–Trinajstić information content (AvgIpc) is 2.47. The molecule has 1 heterocycles. The summed E-state index contributed by atoms with van der Waals surface area (Å²) in [6, 6.07) is 4.90. The molecule has 4 nitrogen and oxygen atoms in total. The van der Waals surface area contributed by atoms with Crippen molar-refractivity contribution in [2.45, 2.75) is 19.3 Å². The Bertz CT molecular complexity index is 759. The van der Waals surface area contributed by atoms with E-state index in [9.17, 15) is 9.18 Å². The molecule has 22 heavy (non-hydrogen) atoms. The predicted octanol–water partition coefficient (Wildman–Crippen LogP) is 3.62. The highest BCUT2D eigenvalue weighted by Gasteiger charge is 2.25. The van der Waals surface area contributed by atoms with Crippen LogP contribution in [0.15, 0.2) is 29.2 Å². The van der Waals surface area contributed by atoms with Crippen LogP contribution in [-0.2, 0) is 12.5 Å². The maximum absolute atomic E-state index is 14.2. The first kappa shape index (κ1) is 16.8. The second-order valence-corrected chi connectivity index (χ2v) is 6.42. The molecule has 0 aliphatic rings. The summed E-state index contributed by atoms with van der Waals surface area (Å²) in [6.45, 7) is 4.10. The Morgan fingerprint density at radius 3 is 2.73 bits per heavy atom. The van der Waals surface area contributed by atoms with E-state index in [2.05, 4.69) is 10.4 Å². The van der Waals surface area contributed by atoms with Crippen molar-refractivity contribution in [3.05, 3.63) is 56.2 Å². The van der Waals surface area contributed by atoms with Crippen LogP contribution in [0.25, 0.3) is 0 Å². The molecule has 1 N–H and O–H groups in total. The third-order valence-corrected chi connectivity index (χ3v) is 4.14. The number of hydrogen-bond acceptors (Lipinski definition) is 3. The highest BCUT2D eigenvalue weighted by Crippen LogP contribution is 2.30. The highest BCUT2D eigenvalue weighted by atomic mass is 35.5. The van der Waals surface area contributed by atoms with Crippen molar-refractivity contribution in [2.75, 3.05) is 11.9 Å². The average molecular weight is 344 g/mol. The summed E-state index contributed by atoms with van der Waals surface area (Å²) in [5.41, 5.74) is -0.0431. The van der Waals surface area contributed by atoms with Gasteiger partial charge in [0.25, 0.3) is 5.56 Å². The van der Waals surface area contributed by atoms with Crippen molar-refractivity contribution in [3.63, 3.8) is 0 Å². The topological polar surface area (TPSA) is 46.9 Å². The second-order valence-electron chi connectivity index (χ2n) is 5.64. The molecule has 7 heteroatoms. The molecule has 118 valence electrons. The van der Waals surface area contributed by atoms with Crippen molar-refractivity contribution in [2.24, 2.45) is 7.05 Å². The number of rotatable bonds is 4. The minimum absolute atomic E-state index is 0.0554. The molecule has 0 saturated carbocycles. The lowest BCUT2D eigenvalue weighted by Gasteiger charge is -2.27. The molecule has 0 fully saturated rings. The summed E-state index contributed by atoms with van der Waals surface area (Å²) in [5.74, 6) is -0.441. The first-order valence-corrected chi connectivity index (χ1v) is 7.40. The lowest BCUT2D eigenvalue weighted by atomic mass is 9.84. The van der Waals surface area contributed by atoms with Crippen LogP contribution in [0.1, 0.15) is 19.4 Å². The first-order valence-electron chi connectivity index (χ1n) is 6.64. The molecule has 0 aliphatic heterocycles. The van der Waals surface area contributed by atoms with E-state index in [1.54, 1.807) is 12.1 Å². The van der Waals surface area contributed by atoms with Gasteiger partial charge in [0.1, 0.15) is 10.8 Å². The third kappa shape index (κ3) is 3.25. The van der Waals surface area contributed by atoms with Crippen LogP contribution in [0.4, 0.5) is 10.1 Å². The minimum atomic E-state index is -0.556. The molecule has 1 aromatic heterocycles. The minimum Gasteiger partial charge on any atom is -0.381 e. The van der Waals surface area contributed by atoms with Gasteiger partial charge in [0.05, 0.1) is 16.9 Å². The number of halogens is 3. The van der Waals surface area contributed by atoms with Gasteiger partial charge in [-0.3, -0.25) is 4.79 Å². The molecule has 0 atom stereocenters. The van der Waals surface area contributed by atoms with Gasteiger partial charge in [-0.15, -0.1) is 0 Å². The number of aromatic nitrogens is 2. The standard InChI is InChI=1S/C15H16Cl2FN3O/c1-15(2,9-5-4-6-10(16)13(9)18)8-19-11-7-20-21(3)14(22)12(11)17/h4-7,19H,8H2,1-3H3. The molecular weight excluding hydrogens is 328 g/mol. The van der Waals surface area contributed by atoms with Crippen LogP contribution in [-0.4, -0.2) is 16.3 Å². The van der Waals surface area contributed by atoms with Crippen LogP contribution in [0.5, 0.6) is 0 Å². The van der Waals surface area contributed by atoms with Crippen molar-refractivity contribution in [1.82, 2.24) is 9.78 Å². The summed E-state index contributed by atoms with van der Waals surface area (Å²) in [4.78, 5) is 11.7. The molecule has 0 unspecified atom stereocenters. The lowest BCUT2D eigenvalue weighted by Crippen LogP contribution is -2.30. The largest absolute Gasteiger partial charge is 0.381 e. The quantitative estimate of drug-likeness (QED) is 0.922. The summed E-state index contributed by atoms with van der Waals surface area (Å²) in [7, 11) is 1.52. The molecule has 0 radical (unpaired) electrons. The Morgan fingerprint density at radius 2 is 2.05 bits per heavy atom. The number of anilines is 1. The molecule has 0 bridgehead atoms. The fourth-order valence-electron chi connectivity index (χ4n) is 2.07. The molecule has 0 spiro atoms. The van der Waals surface area contributed by atoms with Gasteiger partial charge in [-0.05, 0) is 11.6 Å². The molecule has 1 aromatic carbocycles. The predicted molar refractivity (Wildman–Crippen MR) is 87.4 cm³/mol. The number of nitrogens with zero attached hydrogens (tertiary/aromatic N) is 2. The van der Waals surface area contributed by atoms with Gasteiger partial charge >= 0.3 is 0 Å². The number of benzene rings is 1. The highest BCUT2D eigenvalue weighted by molar-refractivity contribution is 6.33. The van der Waals surface area contributed by atoms with Crippen molar-refractivity contribution >= 4 is 28.9 Å². The monoisotopic (exact) mass is 343 g/mol. The Hall–Kier alpha value is -1.59. The molecule has 0 saturated heterocycles. The Kier molecular flexibility index (Phi) is 4.78. The zero-order valence-corrected chi connectivity index (χ0v) is 14.0. The zero-order chi connectivity index (χ0) is 16.5. The fraction of sp³-hybridized carbons (Fsp3) is 0.333. The van der Waals surface area contributed by atoms with Crippen LogP contribution in [0, 0.1) is 5.82 Å². The van der Waals surface area contributed by atoms with E-state index in [4.69, 9.17) is 23.2 Å². The Labute approximate surface area is 137 Å². The molecule has 0 aliphatic carbocycles. The third-order valence-electron chi connectivity index (χ3n) is 3.48. The maximum Gasteiger partial charge on any atom is 0.287 e. The van der Waals surface area contributed by atoms with Gasteiger partial charge in [-0.1, -0.05) is 49.2 Å². The smallest absolute Gasteiger partial charge is 0.287 e. The number of aryl methyl sites for hydroxylation is 1.